The number of aliphatic hydroxyl groups is 2. The molecule has 0 aliphatic heterocycles. The van der Waals surface area contributed by atoms with Crippen molar-refractivity contribution in [2.45, 2.75) is 179 Å². The standard InChI is InChI=1S/C12H25FO.C11H23FO.C10H22O.CH4/c1-9(2)7-8-11(14-6)12(5,13)10(3)4;1-8(2)10(13)6-7-11(5,12)9(3)4;1-8(2)5-6-10(11)7-9(3)4;/h9-11H,7-8H2,1-6H3;8-10,13H,6-7H2,1-5H3;8-11H,5-7H2,1-4H3;1H4. The Morgan fingerprint density at radius 1 is 0.641 bits per heavy atom. The largest absolute Gasteiger partial charge is 0.393 e. The summed E-state index contributed by atoms with van der Waals surface area (Å²) in [5.74, 6) is 2.19. The van der Waals surface area contributed by atoms with Gasteiger partial charge in [0, 0.05) is 7.11 Å². The van der Waals surface area contributed by atoms with Crippen LogP contribution in [0.15, 0.2) is 0 Å². The molecule has 0 amide bonds. The molecule has 0 aromatic rings. The lowest BCUT2D eigenvalue weighted by Crippen LogP contribution is -2.41. The van der Waals surface area contributed by atoms with Crippen molar-refractivity contribution in [3.05, 3.63) is 0 Å². The SMILES string of the molecule is C.CC(C)C(O)CCC(C)(F)C(C)C.CC(C)CCC(O)CC(C)C.COC(CCC(C)C)C(C)(F)C(C)C. The first-order chi connectivity index (χ1) is 17.1. The van der Waals surface area contributed by atoms with Crippen molar-refractivity contribution in [1.29, 1.82) is 0 Å². The van der Waals surface area contributed by atoms with Crippen LogP contribution in [0.1, 0.15) is 149 Å². The molecule has 0 saturated carbocycles. The van der Waals surface area contributed by atoms with Gasteiger partial charge in [0.15, 0.2) is 0 Å². The second kappa shape index (κ2) is 23.3. The van der Waals surface area contributed by atoms with Gasteiger partial charge in [-0.2, -0.15) is 0 Å². The van der Waals surface area contributed by atoms with Gasteiger partial charge in [0.1, 0.15) is 11.3 Å². The fourth-order valence-electron chi connectivity index (χ4n) is 3.73. The summed E-state index contributed by atoms with van der Waals surface area (Å²) < 4.78 is 33.2. The first kappa shape index (κ1) is 45.7. The third-order valence-electron chi connectivity index (χ3n) is 7.77. The van der Waals surface area contributed by atoms with E-state index in [1.165, 1.54) is 0 Å². The monoisotopic (exact) mass is 569 g/mol. The molecule has 0 saturated heterocycles. The molecule has 242 valence electrons. The summed E-state index contributed by atoms with van der Waals surface area (Å²) in [6.07, 6.45) is 5.18. The van der Waals surface area contributed by atoms with Crippen LogP contribution < -0.4 is 0 Å². The van der Waals surface area contributed by atoms with E-state index in [2.05, 4.69) is 41.5 Å². The number of ether oxygens (including phenoxy) is 1. The Labute approximate surface area is 245 Å². The normalized spacial score (nSPS) is 17.2. The van der Waals surface area contributed by atoms with Crippen molar-refractivity contribution in [2.24, 2.45) is 35.5 Å². The Morgan fingerprint density at radius 2 is 1.08 bits per heavy atom. The molecule has 0 bridgehead atoms. The minimum atomic E-state index is -1.22. The van der Waals surface area contributed by atoms with Gasteiger partial charge in [-0.25, -0.2) is 8.78 Å². The van der Waals surface area contributed by atoms with Gasteiger partial charge in [0.2, 0.25) is 0 Å². The maximum atomic E-state index is 14.2. The van der Waals surface area contributed by atoms with Crippen molar-refractivity contribution in [3.8, 4) is 0 Å². The quantitative estimate of drug-likeness (QED) is 0.195. The Morgan fingerprint density at radius 3 is 1.38 bits per heavy atom. The maximum Gasteiger partial charge on any atom is 0.136 e. The molecule has 0 radical (unpaired) electrons. The zero-order valence-corrected chi connectivity index (χ0v) is 28.2. The highest BCUT2D eigenvalue weighted by Gasteiger charge is 2.37. The van der Waals surface area contributed by atoms with Crippen LogP contribution in [-0.2, 0) is 4.74 Å². The van der Waals surface area contributed by atoms with Crippen LogP contribution in [-0.4, -0.2) is 47.0 Å². The van der Waals surface area contributed by atoms with Crippen LogP contribution in [0.25, 0.3) is 0 Å². The minimum Gasteiger partial charge on any atom is -0.393 e. The van der Waals surface area contributed by atoms with E-state index in [9.17, 15) is 19.0 Å². The summed E-state index contributed by atoms with van der Waals surface area (Å²) in [6.45, 7) is 27.7. The van der Waals surface area contributed by atoms with Crippen LogP contribution in [0.4, 0.5) is 8.78 Å². The molecule has 2 N–H and O–H groups in total. The molecule has 5 heteroatoms. The Hall–Kier alpha value is -0.260. The van der Waals surface area contributed by atoms with Gasteiger partial charge in [-0.15, -0.1) is 0 Å². The van der Waals surface area contributed by atoms with E-state index in [0.717, 1.165) is 38.0 Å². The first-order valence-electron chi connectivity index (χ1n) is 15.4. The molecule has 0 heterocycles. The van der Waals surface area contributed by atoms with E-state index < -0.39 is 11.3 Å². The number of aliphatic hydroxyl groups excluding tert-OH is 2. The summed E-state index contributed by atoms with van der Waals surface area (Å²) >= 11 is 0. The minimum absolute atomic E-state index is 0. The number of hydrogen-bond acceptors (Lipinski definition) is 3. The average molecular weight is 569 g/mol. The van der Waals surface area contributed by atoms with Gasteiger partial charge in [0.05, 0.1) is 18.3 Å². The fourth-order valence-corrected chi connectivity index (χ4v) is 3.73. The fraction of sp³-hybridized carbons (Fsp3) is 1.00. The molecule has 0 aliphatic carbocycles. The van der Waals surface area contributed by atoms with E-state index in [1.807, 2.05) is 41.5 Å². The summed E-state index contributed by atoms with van der Waals surface area (Å²) in [7, 11) is 1.60. The van der Waals surface area contributed by atoms with Gasteiger partial charge < -0.3 is 14.9 Å². The molecule has 0 fully saturated rings. The molecule has 0 aromatic heterocycles. The molecule has 3 nitrogen and oxygen atoms in total. The first-order valence-corrected chi connectivity index (χ1v) is 15.4. The van der Waals surface area contributed by atoms with Gasteiger partial charge in [-0.3, -0.25) is 0 Å². The van der Waals surface area contributed by atoms with Crippen molar-refractivity contribution < 1.29 is 23.7 Å². The summed E-state index contributed by atoms with van der Waals surface area (Å²) in [5.41, 5.74) is -2.36. The summed E-state index contributed by atoms with van der Waals surface area (Å²) in [6, 6.07) is 0. The number of methoxy groups -OCH3 is 1. The second-order valence-electron chi connectivity index (χ2n) is 14.0. The van der Waals surface area contributed by atoms with Gasteiger partial charge in [0.25, 0.3) is 0 Å². The van der Waals surface area contributed by atoms with Gasteiger partial charge >= 0.3 is 0 Å². The Bertz CT molecular complexity index is 529. The Balaban J connectivity index is -0.000000234. The predicted molar refractivity (Wildman–Crippen MR) is 170 cm³/mol. The molecular weight excluding hydrogens is 494 g/mol. The molecule has 5 atom stereocenters. The molecule has 5 unspecified atom stereocenters. The van der Waals surface area contributed by atoms with Crippen LogP contribution in [0.3, 0.4) is 0 Å². The van der Waals surface area contributed by atoms with Crippen molar-refractivity contribution in [2.75, 3.05) is 7.11 Å². The summed E-state index contributed by atoms with van der Waals surface area (Å²) in [4.78, 5) is 0. The Kier molecular flexibility index (Phi) is 27.3. The second-order valence-corrected chi connectivity index (χ2v) is 14.0. The molecular formula is C34H74F2O3. The lowest BCUT2D eigenvalue weighted by Gasteiger charge is -2.33. The van der Waals surface area contributed by atoms with Crippen molar-refractivity contribution >= 4 is 0 Å². The van der Waals surface area contributed by atoms with E-state index in [4.69, 9.17) is 4.74 Å². The van der Waals surface area contributed by atoms with Crippen LogP contribution in [0, 0.1) is 35.5 Å². The van der Waals surface area contributed by atoms with Crippen LogP contribution in [0.2, 0.25) is 0 Å². The predicted octanol–water partition coefficient (Wildman–Crippen LogP) is 10.5. The zero-order valence-electron chi connectivity index (χ0n) is 28.2. The average Bonchev–Trinajstić information content (AvgIpc) is 2.76. The van der Waals surface area contributed by atoms with Crippen LogP contribution >= 0.6 is 0 Å². The topological polar surface area (TPSA) is 49.7 Å². The van der Waals surface area contributed by atoms with Gasteiger partial charge in [-0.1, -0.05) is 90.5 Å². The number of alkyl halides is 2. The lowest BCUT2D eigenvalue weighted by atomic mass is 9.85. The van der Waals surface area contributed by atoms with E-state index in [1.54, 1.807) is 21.0 Å². The third kappa shape index (κ3) is 25.2. The van der Waals surface area contributed by atoms with Gasteiger partial charge in [-0.05, 0) is 94.3 Å². The molecule has 0 rings (SSSR count). The zero-order chi connectivity index (χ0) is 30.9. The van der Waals surface area contributed by atoms with E-state index in [-0.39, 0.29) is 43.5 Å². The third-order valence-corrected chi connectivity index (χ3v) is 7.77. The number of halogens is 2. The molecule has 39 heavy (non-hydrogen) atoms. The highest BCUT2D eigenvalue weighted by molar-refractivity contribution is 4.86. The molecule has 0 aromatic carbocycles. The molecule has 0 spiro atoms. The number of rotatable bonds is 16. The smallest absolute Gasteiger partial charge is 0.136 e. The van der Waals surface area contributed by atoms with Crippen LogP contribution in [0.5, 0.6) is 0 Å². The highest BCUT2D eigenvalue weighted by Crippen LogP contribution is 2.31. The summed E-state index contributed by atoms with van der Waals surface area (Å²) in [5, 5.41) is 19.0. The number of hydrogen-bond donors (Lipinski definition) is 2. The van der Waals surface area contributed by atoms with Crippen molar-refractivity contribution in [1.82, 2.24) is 0 Å². The molecule has 0 aliphatic rings. The lowest BCUT2D eigenvalue weighted by molar-refractivity contribution is -0.0594. The van der Waals surface area contributed by atoms with E-state index in [0.29, 0.717) is 24.7 Å². The van der Waals surface area contributed by atoms with Crippen molar-refractivity contribution in [3.63, 3.8) is 0 Å². The maximum absolute atomic E-state index is 14.2. The highest BCUT2D eigenvalue weighted by atomic mass is 19.1. The van der Waals surface area contributed by atoms with E-state index >= 15 is 0 Å².